The molecule has 2 fully saturated rings. The predicted octanol–water partition coefficient (Wildman–Crippen LogP) is 3.50. The van der Waals surface area contributed by atoms with E-state index in [0.717, 1.165) is 23.0 Å². The van der Waals surface area contributed by atoms with Crippen molar-refractivity contribution in [1.29, 1.82) is 0 Å². The number of hydrogen-bond acceptors (Lipinski definition) is 3. The van der Waals surface area contributed by atoms with E-state index in [0.29, 0.717) is 11.6 Å². The summed E-state index contributed by atoms with van der Waals surface area (Å²) in [6.45, 7) is 0. The van der Waals surface area contributed by atoms with Gasteiger partial charge in [-0.2, -0.15) is 0 Å². The molecule has 20 heavy (non-hydrogen) atoms. The van der Waals surface area contributed by atoms with Crippen molar-refractivity contribution in [2.75, 3.05) is 5.32 Å². The van der Waals surface area contributed by atoms with Gasteiger partial charge in [0.1, 0.15) is 0 Å². The molecule has 1 heterocycles. The molecular weight excluding hydrogens is 252 g/mol. The second-order valence-electron chi connectivity index (χ2n) is 6.33. The first kappa shape index (κ1) is 12.1. The summed E-state index contributed by atoms with van der Waals surface area (Å²) in [5, 5.41) is 3.63. The minimum absolute atomic E-state index is 0.386. The topological polar surface area (TPSA) is 58.0 Å². The zero-order valence-electron chi connectivity index (χ0n) is 11.5. The maximum Gasteiger partial charge on any atom is 0.417 e. The Labute approximate surface area is 117 Å². The van der Waals surface area contributed by atoms with Gasteiger partial charge in [0.25, 0.3) is 0 Å². The fourth-order valence-electron chi connectivity index (χ4n) is 3.63. The van der Waals surface area contributed by atoms with Crippen molar-refractivity contribution in [3.63, 3.8) is 0 Å². The van der Waals surface area contributed by atoms with Gasteiger partial charge in [-0.3, -0.25) is 4.98 Å². The second-order valence-corrected chi connectivity index (χ2v) is 6.33. The number of H-pyrrole nitrogens is 1. The monoisotopic (exact) mass is 272 g/mol. The Kier molecular flexibility index (Phi) is 2.83. The van der Waals surface area contributed by atoms with Gasteiger partial charge in [0.15, 0.2) is 5.58 Å². The van der Waals surface area contributed by atoms with Gasteiger partial charge in [0.05, 0.1) is 5.52 Å². The van der Waals surface area contributed by atoms with Crippen molar-refractivity contribution in [3.05, 3.63) is 28.7 Å². The first-order valence-electron chi connectivity index (χ1n) is 7.67. The SMILES string of the molecule is O=c1[nH]c2cc(NC3CCCC(C4CC4)C3)ccc2o1. The minimum Gasteiger partial charge on any atom is -0.408 e. The fraction of sp³-hybridized carbons (Fsp3) is 0.562. The minimum atomic E-state index is -0.386. The van der Waals surface area contributed by atoms with Crippen molar-refractivity contribution in [3.8, 4) is 0 Å². The molecule has 1 aromatic carbocycles. The molecule has 4 nitrogen and oxygen atoms in total. The Morgan fingerprint density at radius 1 is 1.15 bits per heavy atom. The van der Waals surface area contributed by atoms with Crippen LogP contribution in [0.1, 0.15) is 38.5 Å². The van der Waals surface area contributed by atoms with Crippen LogP contribution in [0.15, 0.2) is 27.4 Å². The zero-order chi connectivity index (χ0) is 13.5. The summed E-state index contributed by atoms with van der Waals surface area (Å²) < 4.78 is 5.03. The number of benzene rings is 1. The molecule has 106 valence electrons. The van der Waals surface area contributed by atoms with Crippen LogP contribution in [0.25, 0.3) is 11.1 Å². The van der Waals surface area contributed by atoms with E-state index in [2.05, 4.69) is 10.3 Å². The van der Waals surface area contributed by atoms with Gasteiger partial charge in [0, 0.05) is 11.7 Å². The lowest BCUT2D eigenvalue weighted by atomic mass is 9.82. The number of hydrogen-bond donors (Lipinski definition) is 2. The van der Waals surface area contributed by atoms with Crippen molar-refractivity contribution in [2.24, 2.45) is 11.8 Å². The van der Waals surface area contributed by atoms with E-state index in [4.69, 9.17) is 4.42 Å². The number of aromatic nitrogens is 1. The van der Waals surface area contributed by atoms with Crippen LogP contribution in [0.2, 0.25) is 0 Å². The van der Waals surface area contributed by atoms with Crippen LogP contribution in [0, 0.1) is 11.8 Å². The number of rotatable bonds is 3. The zero-order valence-corrected chi connectivity index (χ0v) is 11.5. The van der Waals surface area contributed by atoms with Crippen LogP contribution in [0.5, 0.6) is 0 Å². The molecule has 1 aromatic heterocycles. The average molecular weight is 272 g/mol. The van der Waals surface area contributed by atoms with E-state index in [1.54, 1.807) is 0 Å². The highest BCUT2D eigenvalue weighted by atomic mass is 16.4. The second kappa shape index (κ2) is 4.69. The van der Waals surface area contributed by atoms with Crippen LogP contribution in [0.3, 0.4) is 0 Å². The highest BCUT2D eigenvalue weighted by Gasteiger charge is 2.34. The third-order valence-electron chi connectivity index (χ3n) is 4.79. The Hall–Kier alpha value is -1.71. The van der Waals surface area contributed by atoms with Crippen LogP contribution in [-0.2, 0) is 0 Å². The van der Waals surface area contributed by atoms with E-state index in [1.165, 1.54) is 38.5 Å². The van der Waals surface area contributed by atoms with Crippen LogP contribution < -0.4 is 11.1 Å². The van der Waals surface area contributed by atoms with Crippen molar-refractivity contribution < 1.29 is 4.42 Å². The molecule has 0 saturated heterocycles. The molecule has 4 heteroatoms. The maximum absolute atomic E-state index is 11.2. The van der Waals surface area contributed by atoms with Crippen molar-refractivity contribution in [1.82, 2.24) is 4.98 Å². The number of aromatic amines is 1. The van der Waals surface area contributed by atoms with Gasteiger partial charge in [-0.25, -0.2) is 4.79 Å². The molecule has 0 aliphatic heterocycles. The van der Waals surface area contributed by atoms with Crippen LogP contribution >= 0.6 is 0 Å². The number of fused-ring (bicyclic) bond motifs is 1. The Bertz CT molecular complexity index is 668. The van der Waals surface area contributed by atoms with Crippen LogP contribution in [0.4, 0.5) is 5.69 Å². The third-order valence-corrected chi connectivity index (χ3v) is 4.79. The number of oxazole rings is 1. The first-order chi connectivity index (χ1) is 9.78. The molecule has 0 radical (unpaired) electrons. The summed E-state index contributed by atoms with van der Waals surface area (Å²) in [7, 11) is 0. The quantitative estimate of drug-likeness (QED) is 0.899. The van der Waals surface area contributed by atoms with E-state index >= 15 is 0 Å². The lowest BCUT2D eigenvalue weighted by Crippen LogP contribution is -2.28. The fourth-order valence-corrected chi connectivity index (χ4v) is 3.63. The molecule has 2 atom stereocenters. The molecule has 2 aliphatic rings. The van der Waals surface area contributed by atoms with Gasteiger partial charge >= 0.3 is 5.76 Å². The summed E-state index contributed by atoms with van der Waals surface area (Å²) >= 11 is 0. The van der Waals surface area contributed by atoms with Gasteiger partial charge in [-0.15, -0.1) is 0 Å². The Morgan fingerprint density at radius 3 is 2.90 bits per heavy atom. The lowest BCUT2D eigenvalue weighted by molar-refractivity contribution is 0.303. The molecule has 2 aliphatic carbocycles. The normalized spacial score (nSPS) is 26.8. The molecule has 2 N–H and O–H groups in total. The van der Waals surface area contributed by atoms with E-state index in [9.17, 15) is 4.79 Å². The van der Waals surface area contributed by atoms with Gasteiger partial charge in [-0.05, 0) is 55.7 Å². The molecule has 2 aromatic rings. The lowest BCUT2D eigenvalue weighted by Gasteiger charge is -2.30. The van der Waals surface area contributed by atoms with E-state index in [-0.39, 0.29) is 5.76 Å². The average Bonchev–Trinajstić information content (AvgIpc) is 3.21. The molecule has 4 rings (SSSR count). The Morgan fingerprint density at radius 2 is 2.05 bits per heavy atom. The largest absolute Gasteiger partial charge is 0.417 e. The van der Waals surface area contributed by atoms with Gasteiger partial charge in [-0.1, -0.05) is 12.8 Å². The smallest absolute Gasteiger partial charge is 0.408 e. The van der Waals surface area contributed by atoms with Crippen LogP contribution in [-0.4, -0.2) is 11.0 Å². The van der Waals surface area contributed by atoms with Crippen molar-refractivity contribution in [2.45, 2.75) is 44.6 Å². The molecule has 2 unspecified atom stereocenters. The van der Waals surface area contributed by atoms with Gasteiger partial charge < -0.3 is 9.73 Å². The molecule has 2 saturated carbocycles. The molecule has 0 amide bonds. The number of nitrogens with one attached hydrogen (secondary N) is 2. The van der Waals surface area contributed by atoms with E-state index < -0.39 is 0 Å². The summed E-state index contributed by atoms with van der Waals surface area (Å²) in [5.41, 5.74) is 2.48. The molecule has 0 bridgehead atoms. The molecular formula is C16H20N2O2. The predicted molar refractivity (Wildman–Crippen MR) is 78.9 cm³/mol. The highest BCUT2D eigenvalue weighted by molar-refractivity contribution is 5.76. The standard InChI is InChI=1S/C16H20N2O2/c19-16-18-14-9-13(6-7-15(14)20-16)17-12-3-1-2-11(8-12)10-4-5-10/h6-7,9-12,17H,1-5,8H2,(H,18,19). The van der Waals surface area contributed by atoms with Gasteiger partial charge in [0.2, 0.25) is 0 Å². The first-order valence-corrected chi connectivity index (χ1v) is 7.67. The van der Waals surface area contributed by atoms with Crippen molar-refractivity contribution >= 4 is 16.8 Å². The summed E-state index contributed by atoms with van der Waals surface area (Å²) in [6.07, 6.45) is 8.19. The highest BCUT2D eigenvalue weighted by Crippen LogP contribution is 2.44. The number of anilines is 1. The summed E-state index contributed by atoms with van der Waals surface area (Å²) in [5.74, 6) is 1.55. The third kappa shape index (κ3) is 2.35. The maximum atomic E-state index is 11.2. The van der Waals surface area contributed by atoms with E-state index in [1.807, 2.05) is 18.2 Å². The summed E-state index contributed by atoms with van der Waals surface area (Å²) in [6, 6.07) is 6.41. The Balaban J connectivity index is 1.49. The summed E-state index contributed by atoms with van der Waals surface area (Å²) in [4.78, 5) is 13.9. The molecule has 0 spiro atoms.